The zero-order valence-corrected chi connectivity index (χ0v) is 18.3. The highest BCUT2D eigenvalue weighted by atomic mass is 16.6. The summed E-state index contributed by atoms with van der Waals surface area (Å²) in [5.74, 6) is 3.08. The fraction of sp³-hybridized carbons (Fsp3) is 0.120. The van der Waals surface area contributed by atoms with Gasteiger partial charge in [0, 0.05) is 23.7 Å². The molecule has 1 heterocycles. The van der Waals surface area contributed by atoms with Crippen LogP contribution in [0.4, 0.5) is 10.5 Å². The lowest BCUT2D eigenvalue weighted by atomic mass is 10.2. The highest BCUT2D eigenvalue weighted by molar-refractivity contribution is 5.89. The van der Waals surface area contributed by atoms with E-state index < -0.39 is 6.09 Å². The van der Waals surface area contributed by atoms with Gasteiger partial charge in [-0.05, 0) is 36.4 Å². The van der Waals surface area contributed by atoms with E-state index in [1.54, 1.807) is 75.0 Å². The summed E-state index contributed by atoms with van der Waals surface area (Å²) in [4.78, 5) is 16.6. The summed E-state index contributed by atoms with van der Waals surface area (Å²) in [6, 6.07) is 19.2. The van der Waals surface area contributed by atoms with Crippen molar-refractivity contribution >= 4 is 22.7 Å². The molecule has 0 bridgehead atoms. The van der Waals surface area contributed by atoms with Crippen molar-refractivity contribution in [2.45, 2.75) is 0 Å². The van der Waals surface area contributed by atoms with E-state index in [4.69, 9.17) is 23.7 Å². The van der Waals surface area contributed by atoms with Gasteiger partial charge >= 0.3 is 6.09 Å². The molecule has 0 aliphatic heterocycles. The topological polar surface area (TPSA) is 88.1 Å². The SMILES string of the molecule is COc1cc(Oc2ccnc3cc(OC)c(OC)cc23)ccc1NC(=O)Oc1ccccc1. The van der Waals surface area contributed by atoms with Gasteiger partial charge in [-0.15, -0.1) is 0 Å². The summed E-state index contributed by atoms with van der Waals surface area (Å²) >= 11 is 0. The number of aromatic nitrogens is 1. The summed E-state index contributed by atoms with van der Waals surface area (Å²) in [7, 11) is 4.65. The van der Waals surface area contributed by atoms with Crippen molar-refractivity contribution in [1.29, 1.82) is 0 Å². The molecule has 3 aromatic carbocycles. The fourth-order valence-corrected chi connectivity index (χ4v) is 3.23. The molecule has 0 unspecified atom stereocenters. The number of rotatable bonds is 7. The van der Waals surface area contributed by atoms with Crippen molar-refractivity contribution in [2.75, 3.05) is 26.6 Å². The number of carbonyl (C=O) groups excluding carboxylic acids is 1. The second kappa shape index (κ2) is 9.78. The quantitative estimate of drug-likeness (QED) is 0.392. The number of carbonyl (C=O) groups is 1. The number of pyridine rings is 1. The Morgan fingerprint density at radius 3 is 2.21 bits per heavy atom. The van der Waals surface area contributed by atoms with Gasteiger partial charge in [-0.25, -0.2) is 4.79 Å². The average Bonchev–Trinajstić information content (AvgIpc) is 2.84. The van der Waals surface area contributed by atoms with Crippen molar-refractivity contribution in [3.05, 3.63) is 72.9 Å². The first-order chi connectivity index (χ1) is 16.1. The first kappa shape index (κ1) is 21.8. The maximum absolute atomic E-state index is 12.2. The van der Waals surface area contributed by atoms with E-state index in [0.717, 1.165) is 5.39 Å². The molecular formula is C25H22N2O6. The second-order valence-corrected chi connectivity index (χ2v) is 6.83. The van der Waals surface area contributed by atoms with E-state index in [-0.39, 0.29) is 0 Å². The molecule has 0 aliphatic rings. The molecule has 4 rings (SSSR count). The van der Waals surface area contributed by atoms with Crippen LogP contribution in [0, 0.1) is 0 Å². The third-order valence-corrected chi connectivity index (χ3v) is 4.80. The van der Waals surface area contributed by atoms with Crippen LogP contribution in [0.15, 0.2) is 72.9 Å². The minimum atomic E-state index is -0.630. The number of nitrogens with one attached hydrogen (secondary N) is 1. The number of nitrogens with zero attached hydrogens (tertiary/aromatic N) is 1. The van der Waals surface area contributed by atoms with Gasteiger partial charge in [-0.2, -0.15) is 0 Å². The maximum Gasteiger partial charge on any atom is 0.417 e. The minimum absolute atomic E-state index is 0.412. The first-order valence-corrected chi connectivity index (χ1v) is 10.0. The Morgan fingerprint density at radius 1 is 0.758 bits per heavy atom. The summed E-state index contributed by atoms with van der Waals surface area (Å²) in [5, 5.41) is 3.43. The number of anilines is 1. The largest absolute Gasteiger partial charge is 0.494 e. The van der Waals surface area contributed by atoms with Crippen LogP contribution in [-0.4, -0.2) is 32.4 Å². The Labute approximate surface area is 190 Å². The molecule has 0 radical (unpaired) electrons. The van der Waals surface area contributed by atoms with Crippen LogP contribution in [0.3, 0.4) is 0 Å². The first-order valence-electron chi connectivity index (χ1n) is 10.0. The zero-order chi connectivity index (χ0) is 23.2. The number of benzene rings is 3. The Bertz CT molecular complexity index is 1280. The molecule has 0 saturated carbocycles. The molecule has 0 aliphatic carbocycles. The zero-order valence-electron chi connectivity index (χ0n) is 18.3. The van der Waals surface area contributed by atoms with Gasteiger partial charge in [0.25, 0.3) is 0 Å². The van der Waals surface area contributed by atoms with E-state index in [1.807, 2.05) is 12.1 Å². The van der Waals surface area contributed by atoms with Crippen molar-refractivity contribution in [1.82, 2.24) is 4.98 Å². The van der Waals surface area contributed by atoms with Crippen LogP contribution in [0.25, 0.3) is 10.9 Å². The van der Waals surface area contributed by atoms with Crippen LogP contribution >= 0.6 is 0 Å². The smallest absolute Gasteiger partial charge is 0.417 e. The van der Waals surface area contributed by atoms with Gasteiger partial charge in [0.15, 0.2) is 11.5 Å². The normalized spacial score (nSPS) is 10.4. The van der Waals surface area contributed by atoms with Gasteiger partial charge in [0.1, 0.15) is 23.0 Å². The Morgan fingerprint density at radius 2 is 1.48 bits per heavy atom. The summed E-state index contributed by atoms with van der Waals surface area (Å²) in [5.41, 5.74) is 1.14. The lowest BCUT2D eigenvalue weighted by molar-refractivity contribution is 0.215. The van der Waals surface area contributed by atoms with Crippen LogP contribution in [0.5, 0.6) is 34.5 Å². The van der Waals surface area contributed by atoms with Gasteiger partial charge in [0.05, 0.1) is 32.5 Å². The predicted molar refractivity (Wildman–Crippen MR) is 124 cm³/mol. The van der Waals surface area contributed by atoms with E-state index >= 15 is 0 Å². The predicted octanol–water partition coefficient (Wildman–Crippen LogP) is 5.66. The molecule has 1 aromatic heterocycles. The molecule has 0 fully saturated rings. The second-order valence-electron chi connectivity index (χ2n) is 6.83. The molecule has 1 amide bonds. The fourth-order valence-electron chi connectivity index (χ4n) is 3.23. The molecule has 0 saturated heterocycles. The Balaban J connectivity index is 1.57. The van der Waals surface area contributed by atoms with Crippen LogP contribution in [-0.2, 0) is 0 Å². The lowest BCUT2D eigenvalue weighted by Gasteiger charge is -2.14. The van der Waals surface area contributed by atoms with Crippen LogP contribution in [0.2, 0.25) is 0 Å². The van der Waals surface area contributed by atoms with Crippen molar-refractivity contribution in [3.8, 4) is 34.5 Å². The van der Waals surface area contributed by atoms with Gasteiger partial charge in [-0.3, -0.25) is 10.3 Å². The number of ether oxygens (including phenoxy) is 5. The number of fused-ring (bicyclic) bond motifs is 1. The van der Waals surface area contributed by atoms with Gasteiger partial charge in [-0.1, -0.05) is 18.2 Å². The highest BCUT2D eigenvalue weighted by Crippen LogP contribution is 2.38. The standard InChI is InChI=1S/C25H22N2O6/c1-29-22-13-17(9-10-19(22)27-25(28)33-16-7-5-4-6-8-16)32-21-11-12-26-20-15-24(31-3)23(30-2)14-18(20)21/h4-15H,1-3H3,(H,27,28). The van der Waals surface area contributed by atoms with Crippen LogP contribution in [0.1, 0.15) is 0 Å². The summed E-state index contributed by atoms with van der Waals surface area (Å²) < 4.78 is 27.5. The molecular weight excluding hydrogens is 424 g/mol. The van der Waals surface area contributed by atoms with Crippen LogP contribution < -0.4 is 29.0 Å². The Hall–Kier alpha value is -4.46. The monoisotopic (exact) mass is 446 g/mol. The number of para-hydroxylation sites is 1. The summed E-state index contributed by atoms with van der Waals surface area (Å²) in [6.45, 7) is 0. The maximum atomic E-state index is 12.2. The molecule has 168 valence electrons. The number of hydrogen-bond acceptors (Lipinski definition) is 7. The summed E-state index contributed by atoms with van der Waals surface area (Å²) in [6.07, 6.45) is 1.02. The molecule has 8 nitrogen and oxygen atoms in total. The van der Waals surface area contributed by atoms with E-state index in [2.05, 4.69) is 10.3 Å². The van der Waals surface area contributed by atoms with Crippen molar-refractivity contribution in [2.24, 2.45) is 0 Å². The average molecular weight is 446 g/mol. The Kier molecular flexibility index (Phi) is 6.45. The van der Waals surface area contributed by atoms with Crippen molar-refractivity contribution in [3.63, 3.8) is 0 Å². The lowest BCUT2D eigenvalue weighted by Crippen LogP contribution is -2.17. The minimum Gasteiger partial charge on any atom is -0.494 e. The van der Waals surface area contributed by atoms with E-state index in [0.29, 0.717) is 45.7 Å². The molecule has 4 aromatic rings. The van der Waals surface area contributed by atoms with Gasteiger partial charge < -0.3 is 23.7 Å². The molecule has 0 spiro atoms. The number of hydrogen-bond donors (Lipinski definition) is 1. The van der Waals surface area contributed by atoms with Gasteiger partial charge in [0.2, 0.25) is 0 Å². The highest BCUT2D eigenvalue weighted by Gasteiger charge is 2.14. The van der Waals surface area contributed by atoms with E-state index in [9.17, 15) is 4.79 Å². The molecule has 33 heavy (non-hydrogen) atoms. The molecule has 0 atom stereocenters. The number of methoxy groups -OCH3 is 3. The molecule has 1 N–H and O–H groups in total. The van der Waals surface area contributed by atoms with E-state index in [1.165, 1.54) is 7.11 Å². The van der Waals surface area contributed by atoms with Crippen molar-refractivity contribution < 1.29 is 28.5 Å². The third-order valence-electron chi connectivity index (χ3n) is 4.80. The third kappa shape index (κ3) is 4.90. The number of amides is 1. The molecule has 8 heteroatoms.